The van der Waals surface area contributed by atoms with E-state index in [1.165, 1.54) is 7.11 Å². The van der Waals surface area contributed by atoms with E-state index in [1.807, 2.05) is 31.2 Å². The Labute approximate surface area is 92.9 Å². The molecule has 0 bridgehead atoms. The molecule has 0 aromatic heterocycles. The van der Waals surface area contributed by atoms with Crippen LogP contribution in [0.4, 0.5) is 5.69 Å². The highest BCUT2D eigenvalue weighted by Crippen LogP contribution is 2.08. The molecule has 0 unspecified atom stereocenters. The van der Waals surface area contributed by atoms with Gasteiger partial charge in [-0.1, -0.05) is 29.3 Å². The largest absolute Gasteiger partial charge is 0.464 e. The molecule has 80 valence electrons. The molecule has 0 radical (unpaired) electrons. The van der Waals surface area contributed by atoms with E-state index in [0.717, 1.165) is 11.3 Å². The van der Waals surface area contributed by atoms with Gasteiger partial charge in [0.1, 0.15) is 0 Å². The van der Waals surface area contributed by atoms with E-state index >= 15 is 0 Å². The SMILES string of the molecule is COC(=O)/C(Cl)=N\Nc1ccc(C)cc1. The van der Waals surface area contributed by atoms with Crippen molar-refractivity contribution in [2.75, 3.05) is 12.5 Å². The van der Waals surface area contributed by atoms with E-state index < -0.39 is 5.97 Å². The molecule has 0 fully saturated rings. The fourth-order valence-electron chi connectivity index (χ4n) is 0.872. The van der Waals surface area contributed by atoms with E-state index in [2.05, 4.69) is 15.3 Å². The average Bonchev–Trinajstić information content (AvgIpc) is 2.26. The van der Waals surface area contributed by atoms with Crippen molar-refractivity contribution in [1.82, 2.24) is 0 Å². The van der Waals surface area contributed by atoms with E-state index in [1.54, 1.807) is 0 Å². The van der Waals surface area contributed by atoms with Crippen LogP contribution < -0.4 is 5.43 Å². The number of benzene rings is 1. The van der Waals surface area contributed by atoms with Gasteiger partial charge in [0.15, 0.2) is 0 Å². The Morgan fingerprint density at radius 1 is 1.40 bits per heavy atom. The second-order valence-electron chi connectivity index (χ2n) is 2.87. The molecule has 0 amide bonds. The summed E-state index contributed by atoms with van der Waals surface area (Å²) < 4.78 is 4.38. The normalized spacial score (nSPS) is 11.0. The Hall–Kier alpha value is -1.55. The van der Waals surface area contributed by atoms with Crippen LogP contribution in [0.15, 0.2) is 29.4 Å². The lowest BCUT2D eigenvalue weighted by Gasteiger charge is -2.01. The van der Waals surface area contributed by atoms with Gasteiger partial charge in [0.2, 0.25) is 5.17 Å². The predicted molar refractivity (Wildman–Crippen MR) is 60.1 cm³/mol. The number of anilines is 1. The van der Waals surface area contributed by atoms with Crippen molar-refractivity contribution in [3.63, 3.8) is 0 Å². The zero-order valence-electron chi connectivity index (χ0n) is 8.45. The van der Waals surface area contributed by atoms with Gasteiger partial charge in [0.05, 0.1) is 12.8 Å². The highest BCUT2D eigenvalue weighted by atomic mass is 35.5. The highest BCUT2D eigenvalue weighted by Gasteiger charge is 2.06. The van der Waals surface area contributed by atoms with Crippen molar-refractivity contribution in [3.05, 3.63) is 29.8 Å². The van der Waals surface area contributed by atoms with Crippen LogP contribution in [0, 0.1) is 6.92 Å². The molecule has 0 saturated heterocycles. The van der Waals surface area contributed by atoms with E-state index in [4.69, 9.17) is 11.6 Å². The molecular weight excluding hydrogens is 216 g/mol. The van der Waals surface area contributed by atoms with Crippen LogP contribution in [-0.4, -0.2) is 18.2 Å². The summed E-state index contributed by atoms with van der Waals surface area (Å²) in [5.74, 6) is -0.670. The van der Waals surface area contributed by atoms with Crippen LogP contribution >= 0.6 is 11.6 Å². The first kappa shape index (κ1) is 11.5. The van der Waals surface area contributed by atoms with Crippen LogP contribution in [0.1, 0.15) is 5.56 Å². The topological polar surface area (TPSA) is 50.7 Å². The Bertz CT molecular complexity index is 374. The standard InChI is InChI=1S/C10H11ClN2O2/c1-7-3-5-8(6-4-7)12-13-9(11)10(14)15-2/h3-6,12H,1-2H3/b13-9+. The molecule has 0 heterocycles. The molecule has 0 aliphatic heterocycles. The Morgan fingerprint density at radius 2 is 2.00 bits per heavy atom. The minimum atomic E-state index is -0.670. The van der Waals surface area contributed by atoms with Crippen molar-refractivity contribution in [2.45, 2.75) is 6.92 Å². The molecule has 1 aromatic rings. The minimum Gasteiger partial charge on any atom is -0.464 e. The molecule has 1 aromatic carbocycles. The van der Waals surface area contributed by atoms with Gasteiger partial charge >= 0.3 is 5.97 Å². The second-order valence-corrected chi connectivity index (χ2v) is 3.23. The van der Waals surface area contributed by atoms with Gasteiger partial charge in [-0.3, -0.25) is 5.43 Å². The zero-order valence-corrected chi connectivity index (χ0v) is 9.21. The summed E-state index contributed by atoms with van der Waals surface area (Å²) in [6.07, 6.45) is 0. The van der Waals surface area contributed by atoms with E-state index in [-0.39, 0.29) is 5.17 Å². The minimum absolute atomic E-state index is 0.238. The number of hydrogen-bond acceptors (Lipinski definition) is 4. The third-order valence-electron chi connectivity index (χ3n) is 1.69. The van der Waals surface area contributed by atoms with Crippen molar-refractivity contribution in [1.29, 1.82) is 0 Å². The molecule has 15 heavy (non-hydrogen) atoms. The van der Waals surface area contributed by atoms with Gasteiger partial charge < -0.3 is 4.74 Å². The van der Waals surface area contributed by atoms with Crippen molar-refractivity contribution in [3.8, 4) is 0 Å². The monoisotopic (exact) mass is 226 g/mol. The molecule has 0 aliphatic rings. The molecule has 0 saturated carbocycles. The number of carbonyl (C=O) groups is 1. The number of hydrogen-bond donors (Lipinski definition) is 1. The molecule has 0 spiro atoms. The number of hydrazone groups is 1. The van der Waals surface area contributed by atoms with Crippen LogP contribution in [-0.2, 0) is 9.53 Å². The number of methoxy groups -OCH3 is 1. The molecule has 5 heteroatoms. The number of esters is 1. The molecule has 0 aliphatic carbocycles. The lowest BCUT2D eigenvalue weighted by atomic mass is 10.2. The van der Waals surface area contributed by atoms with Crippen LogP contribution in [0.5, 0.6) is 0 Å². The molecule has 1 N–H and O–H groups in total. The summed E-state index contributed by atoms with van der Waals surface area (Å²) >= 11 is 5.53. The summed E-state index contributed by atoms with van der Waals surface area (Å²) in [7, 11) is 1.24. The maximum Gasteiger partial charge on any atom is 0.370 e. The van der Waals surface area contributed by atoms with Gasteiger partial charge in [0, 0.05) is 0 Å². The number of nitrogens with one attached hydrogen (secondary N) is 1. The predicted octanol–water partition coefficient (Wildman–Crippen LogP) is 2.13. The first-order valence-corrected chi connectivity index (χ1v) is 4.65. The molecule has 0 atom stereocenters. The van der Waals surface area contributed by atoms with Crippen molar-refractivity contribution < 1.29 is 9.53 Å². The van der Waals surface area contributed by atoms with Gasteiger partial charge in [-0.25, -0.2) is 4.79 Å². The van der Waals surface area contributed by atoms with Crippen LogP contribution in [0.25, 0.3) is 0 Å². The summed E-state index contributed by atoms with van der Waals surface area (Å²) in [6, 6.07) is 7.51. The maximum absolute atomic E-state index is 10.9. The Kier molecular flexibility index (Phi) is 4.12. The number of ether oxygens (including phenoxy) is 1. The maximum atomic E-state index is 10.9. The van der Waals surface area contributed by atoms with Gasteiger partial charge in [-0.2, -0.15) is 5.10 Å². The number of rotatable bonds is 3. The van der Waals surface area contributed by atoms with Crippen molar-refractivity contribution >= 4 is 28.4 Å². The summed E-state index contributed by atoms with van der Waals surface area (Å²) in [4.78, 5) is 10.9. The smallest absolute Gasteiger partial charge is 0.370 e. The molecule has 1 rings (SSSR count). The fourth-order valence-corrected chi connectivity index (χ4v) is 0.991. The third kappa shape index (κ3) is 3.59. The van der Waals surface area contributed by atoms with Gasteiger partial charge in [-0.05, 0) is 19.1 Å². The van der Waals surface area contributed by atoms with E-state index in [9.17, 15) is 4.79 Å². The first-order valence-electron chi connectivity index (χ1n) is 4.27. The lowest BCUT2D eigenvalue weighted by Crippen LogP contribution is -2.11. The fraction of sp³-hybridized carbons (Fsp3) is 0.200. The number of halogens is 1. The number of nitrogens with zero attached hydrogens (tertiary/aromatic N) is 1. The molecular formula is C10H11ClN2O2. The third-order valence-corrected chi connectivity index (χ3v) is 1.93. The Morgan fingerprint density at radius 3 is 2.53 bits per heavy atom. The van der Waals surface area contributed by atoms with Gasteiger partial charge in [0.25, 0.3) is 0 Å². The molecule has 4 nitrogen and oxygen atoms in total. The van der Waals surface area contributed by atoms with Crippen LogP contribution in [0.3, 0.4) is 0 Å². The average molecular weight is 227 g/mol. The van der Waals surface area contributed by atoms with Crippen LogP contribution in [0.2, 0.25) is 0 Å². The Balaban J connectivity index is 2.63. The number of aryl methyl sites for hydroxylation is 1. The second kappa shape index (κ2) is 5.36. The summed E-state index contributed by atoms with van der Waals surface area (Å²) in [5, 5.41) is 3.41. The quantitative estimate of drug-likeness (QED) is 0.488. The van der Waals surface area contributed by atoms with Gasteiger partial charge in [-0.15, -0.1) is 0 Å². The lowest BCUT2D eigenvalue weighted by molar-refractivity contribution is -0.132. The van der Waals surface area contributed by atoms with E-state index in [0.29, 0.717) is 0 Å². The first-order chi connectivity index (χ1) is 7.13. The zero-order chi connectivity index (χ0) is 11.3. The summed E-state index contributed by atoms with van der Waals surface area (Å²) in [6.45, 7) is 1.98. The highest BCUT2D eigenvalue weighted by molar-refractivity contribution is 6.82. The number of carbonyl (C=O) groups excluding carboxylic acids is 1. The van der Waals surface area contributed by atoms with Crippen molar-refractivity contribution in [2.24, 2.45) is 5.10 Å². The summed E-state index contributed by atoms with van der Waals surface area (Å²) in [5.41, 5.74) is 4.54.